The maximum atomic E-state index is 13.2. The summed E-state index contributed by atoms with van der Waals surface area (Å²) in [6.07, 6.45) is -7.04. The summed E-state index contributed by atoms with van der Waals surface area (Å²) in [5.74, 6) is -0.544. The summed E-state index contributed by atoms with van der Waals surface area (Å²) in [4.78, 5) is 0. The van der Waals surface area contributed by atoms with Gasteiger partial charge in [-0.05, 0) is 17.7 Å². The van der Waals surface area contributed by atoms with Gasteiger partial charge in [0, 0.05) is 11.1 Å². The van der Waals surface area contributed by atoms with Gasteiger partial charge in [0.2, 0.25) is 0 Å². The van der Waals surface area contributed by atoms with Crippen LogP contribution < -0.4 is 0 Å². The third kappa shape index (κ3) is 5.10. The second-order valence-electron chi connectivity index (χ2n) is 5.23. The van der Waals surface area contributed by atoms with Crippen molar-refractivity contribution >= 4 is 15.8 Å². The van der Waals surface area contributed by atoms with Gasteiger partial charge < -0.3 is 0 Å². The lowest BCUT2D eigenvalue weighted by molar-refractivity contribution is -0.196. The highest BCUT2D eigenvalue weighted by atomic mass is 32.2. The molecule has 2 aromatic rings. The van der Waals surface area contributed by atoms with Gasteiger partial charge in [-0.2, -0.15) is 21.6 Å². The van der Waals surface area contributed by atoms with E-state index in [1.807, 2.05) is 0 Å². The molecule has 4 nitrogen and oxygen atoms in total. The largest absolute Gasteiger partial charge is 0.420 e. The first kappa shape index (κ1) is 19.1. The van der Waals surface area contributed by atoms with Crippen molar-refractivity contribution in [3.05, 3.63) is 71.0 Å². The van der Waals surface area contributed by atoms with Gasteiger partial charge in [0.05, 0.1) is 12.0 Å². The molecule has 0 bridgehead atoms. The van der Waals surface area contributed by atoms with Crippen LogP contribution in [0.3, 0.4) is 0 Å². The van der Waals surface area contributed by atoms with E-state index < -0.39 is 33.8 Å². The van der Waals surface area contributed by atoms with Crippen molar-refractivity contribution in [2.45, 2.75) is 12.3 Å². The first-order chi connectivity index (χ1) is 11.5. The van der Waals surface area contributed by atoms with Crippen molar-refractivity contribution in [1.29, 1.82) is 5.41 Å². The van der Waals surface area contributed by atoms with Crippen molar-refractivity contribution in [2.24, 2.45) is 0 Å². The molecule has 0 heterocycles. The number of rotatable bonds is 5. The zero-order valence-corrected chi connectivity index (χ0v) is 13.7. The van der Waals surface area contributed by atoms with E-state index in [1.54, 1.807) is 0 Å². The Morgan fingerprint density at radius 3 is 2.16 bits per heavy atom. The zero-order valence-electron chi connectivity index (χ0n) is 12.8. The molecule has 1 atom stereocenters. The Balaban J connectivity index is 2.32. The number of benzene rings is 2. The number of alkyl halides is 3. The normalized spacial score (nSPS) is 13.5. The highest BCUT2D eigenvalue weighted by Gasteiger charge is 2.44. The highest BCUT2D eigenvalue weighted by molar-refractivity contribution is 7.86. The minimum absolute atomic E-state index is 0.0846. The molecule has 0 saturated heterocycles. The molecule has 0 aliphatic heterocycles. The Hall–Kier alpha value is -2.26. The van der Waals surface area contributed by atoms with E-state index in [0.29, 0.717) is 6.26 Å². The second-order valence-corrected chi connectivity index (χ2v) is 6.83. The van der Waals surface area contributed by atoms with E-state index in [1.165, 1.54) is 30.3 Å². The minimum Gasteiger partial charge on any atom is -0.300 e. The third-order valence-electron chi connectivity index (χ3n) is 3.18. The monoisotopic (exact) mass is 375 g/mol. The molecule has 25 heavy (non-hydrogen) atoms. The lowest BCUT2D eigenvalue weighted by atomic mass is 9.99. The SMILES string of the molecule is CS(=O)(=O)OC(c1ccc(C(=N)c2cccc(F)c2)cc1)C(F)(F)F. The number of hydrogen-bond donors (Lipinski definition) is 1. The Morgan fingerprint density at radius 2 is 1.68 bits per heavy atom. The summed E-state index contributed by atoms with van der Waals surface area (Å²) in [6.45, 7) is 0. The molecule has 134 valence electrons. The quantitative estimate of drug-likeness (QED) is 0.491. The zero-order chi connectivity index (χ0) is 18.8. The molecular weight excluding hydrogens is 362 g/mol. The Kier molecular flexibility index (Phi) is 5.28. The molecule has 0 aliphatic rings. The topological polar surface area (TPSA) is 67.2 Å². The van der Waals surface area contributed by atoms with Gasteiger partial charge in [-0.25, -0.2) is 4.39 Å². The molecule has 0 amide bonds. The Labute approximate surface area is 141 Å². The van der Waals surface area contributed by atoms with E-state index in [4.69, 9.17) is 5.41 Å². The van der Waals surface area contributed by atoms with Gasteiger partial charge in [-0.3, -0.25) is 9.59 Å². The molecule has 0 saturated carbocycles. The van der Waals surface area contributed by atoms with Gasteiger partial charge >= 0.3 is 6.18 Å². The molecule has 0 radical (unpaired) electrons. The summed E-state index contributed by atoms with van der Waals surface area (Å²) in [6, 6.07) is 9.70. The smallest absolute Gasteiger partial charge is 0.300 e. The van der Waals surface area contributed by atoms with E-state index in [9.17, 15) is 26.0 Å². The van der Waals surface area contributed by atoms with E-state index in [2.05, 4.69) is 4.18 Å². The number of nitrogens with one attached hydrogen (secondary N) is 1. The van der Waals surface area contributed by atoms with Crippen LogP contribution in [-0.4, -0.2) is 26.6 Å². The second kappa shape index (κ2) is 6.93. The summed E-state index contributed by atoms with van der Waals surface area (Å²) < 4.78 is 78.6. The summed E-state index contributed by atoms with van der Waals surface area (Å²) in [5, 5.41) is 8.00. The molecule has 9 heteroatoms. The van der Waals surface area contributed by atoms with Crippen LogP contribution in [-0.2, 0) is 14.3 Å². The molecule has 1 unspecified atom stereocenters. The van der Waals surface area contributed by atoms with Gasteiger partial charge in [-0.15, -0.1) is 0 Å². The van der Waals surface area contributed by atoms with Crippen LogP contribution in [0, 0.1) is 11.2 Å². The van der Waals surface area contributed by atoms with Gasteiger partial charge in [-0.1, -0.05) is 36.4 Å². The van der Waals surface area contributed by atoms with Crippen molar-refractivity contribution in [3.63, 3.8) is 0 Å². The molecule has 0 fully saturated rings. The molecule has 0 aromatic heterocycles. The molecule has 1 N–H and O–H groups in total. The molecule has 0 aliphatic carbocycles. The summed E-state index contributed by atoms with van der Waals surface area (Å²) in [5.41, 5.74) is -0.00510. The van der Waals surface area contributed by atoms with Crippen LogP contribution in [0.5, 0.6) is 0 Å². The fourth-order valence-electron chi connectivity index (χ4n) is 2.11. The van der Waals surface area contributed by atoms with Crippen molar-refractivity contribution in [1.82, 2.24) is 0 Å². The van der Waals surface area contributed by atoms with Crippen LogP contribution in [0.2, 0.25) is 0 Å². The number of hydrogen-bond acceptors (Lipinski definition) is 4. The van der Waals surface area contributed by atoms with Crippen molar-refractivity contribution < 1.29 is 30.2 Å². The van der Waals surface area contributed by atoms with Crippen molar-refractivity contribution in [2.75, 3.05) is 6.26 Å². The predicted octanol–water partition coefficient (Wildman–Crippen LogP) is 3.82. The average Bonchev–Trinajstić information content (AvgIpc) is 2.50. The van der Waals surface area contributed by atoms with Crippen molar-refractivity contribution in [3.8, 4) is 0 Å². The molecular formula is C16H13F4NO3S. The molecule has 2 aromatic carbocycles. The lowest BCUT2D eigenvalue weighted by Gasteiger charge is -2.20. The van der Waals surface area contributed by atoms with Gasteiger partial charge in [0.15, 0.2) is 6.10 Å². The standard InChI is InChI=1S/C16H13F4NO3S/c1-25(22,23)24-15(16(18,19)20)11-7-5-10(6-8-11)14(21)12-3-2-4-13(17)9-12/h2-9,15,21H,1H3. The average molecular weight is 375 g/mol. The first-order valence-corrected chi connectivity index (χ1v) is 8.69. The highest BCUT2D eigenvalue weighted by Crippen LogP contribution is 2.37. The van der Waals surface area contributed by atoms with E-state index in [-0.39, 0.29) is 16.8 Å². The lowest BCUT2D eigenvalue weighted by Crippen LogP contribution is -2.26. The van der Waals surface area contributed by atoms with Gasteiger partial charge in [0.1, 0.15) is 5.82 Å². The van der Waals surface area contributed by atoms with Crippen LogP contribution in [0.1, 0.15) is 22.8 Å². The maximum Gasteiger partial charge on any atom is 0.420 e. The van der Waals surface area contributed by atoms with E-state index in [0.717, 1.165) is 18.2 Å². The maximum absolute atomic E-state index is 13.2. The summed E-state index contributed by atoms with van der Waals surface area (Å²) in [7, 11) is -4.33. The van der Waals surface area contributed by atoms with Crippen LogP contribution in [0.15, 0.2) is 48.5 Å². The third-order valence-corrected chi connectivity index (χ3v) is 3.73. The fraction of sp³-hybridized carbons (Fsp3) is 0.188. The van der Waals surface area contributed by atoms with Crippen LogP contribution in [0.4, 0.5) is 17.6 Å². The molecule has 2 rings (SSSR count). The predicted molar refractivity (Wildman–Crippen MR) is 83.5 cm³/mol. The van der Waals surface area contributed by atoms with Crippen LogP contribution in [0.25, 0.3) is 0 Å². The van der Waals surface area contributed by atoms with Gasteiger partial charge in [0.25, 0.3) is 10.1 Å². The van der Waals surface area contributed by atoms with Crippen LogP contribution >= 0.6 is 0 Å². The fourth-order valence-corrected chi connectivity index (χ4v) is 2.68. The van der Waals surface area contributed by atoms with E-state index >= 15 is 0 Å². The first-order valence-electron chi connectivity index (χ1n) is 6.87. The molecule has 0 spiro atoms. The number of halogens is 4. The Bertz CT molecular complexity index is 877. The summed E-state index contributed by atoms with van der Waals surface area (Å²) >= 11 is 0. The Morgan fingerprint density at radius 1 is 1.08 bits per heavy atom. The minimum atomic E-state index is -4.93.